The van der Waals surface area contributed by atoms with E-state index in [0.717, 1.165) is 32.6 Å². The quantitative estimate of drug-likeness (QED) is 0.777. The third-order valence-electron chi connectivity index (χ3n) is 3.37. The number of rotatable bonds is 4. The molecule has 1 saturated heterocycles. The number of amides is 4. The summed E-state index contributed by atoms with van der Waals surface area (Å²) in [6.07, 6.45) is 0.955. The molecule has 0 bridgehead atoms. The summed E-state index contributed by atoms with van der Waals surface area (Å²) >= 11 is 0. The van der Waals surface area contributed by atoms with E-state index < -0.39 is 0 Å². The van der Waals surface area contributed by atoms with Gasteiger partial charge in [0, 0.05) is 39.8 Å². The van der Waals surface area contributed by atoms with E-state index in [9.17, 15) is 9.59 Å². The topological polar surface area (TPSA) is 64.7 Å². The van der Waals surface area contributed by atoms with E-state index in [2.05, 4.69) is 10.6 Å². The van der Waals surface area contributed by atoms with Gasteiger partial charge in [-0.25, -0.2) is 9.59 Å². The first-order chi connectivity index (χ1) is 8.62. The lowest BCUT2D eigenvalue weighted by molar-refractivity contribution is 0.166. The Morgan fingerprint density at radius 2 is 2.00 bits per heavy atom. The number of carbonyl (C=O) groups excluding carboxylic acids is 2. The summed E-state index contributed by atoms with van der Waals surface area (Å²) in [4.78, 5) is 26.9. The van der Waals surface area contributed by atoms with Crippen molar-refractivity contribution >= 4 is 12.1 Å². The predicted molar refractivity (Wildman–Crippen MR) is 70.5 cm³/mol. The fourth-order valence-electron chi connectivity index (χ4n) is 2.19. The van der Waals surface area contributed by atoms with Gasteiger partial charge in [0.1, 0.15) is 0 Å². The number of urea groups is 2. The zero-order valence-electron chi connectivity index (χ0n) is 11.5. The summed E-state index contributed by atoms with van der Waals surface area (Å²) in [5.41, 5.74) is 0. The van der Waals surface area contributed by atoms with Gasteiger partial charge in [0.25, 0.3) is 0 Å². The van der Waals surface area contributed by atoms with Crippen LogP contribution in [0.4, 0.5) is 9.59 Å². The molecule has 0 saturated carbocycles. The van der Waals surface area contributed by atoms with Gasteiger partial charge < -0.3 is 20.4 Å². The van der Waals surface area contributed by atoms with Crippen LogP contribution in [0, 0.1) is 5.92 Å². The predicted octanol–water partition coefficient (Wildman–Crippen LogP) is 0.699. The Morgan fingerprint density at radius 3 is 2.56 bits per heavy atom. The van der Waals surface area contributed by atoms with Crippen LogP contribution in [0.5, 0.6) is 0 Å². The summed E-state index contributed by atoms with van der Waals surface area (Å²) in [7, 11) is 1.60. The molecule has 2 N–H and O–H groups in total. The minimum absolute atomic E-state index is 0.113. The molecule has 1 aliphatic heterocycles. The normalized spacial score (nSPS) is 18.6. The molecule has 0 spiro atoms. The second-order valence-corrected chi connectivity index (χ2v) is 4.52. The van der Waals surface area contributed by atoms with Crippen molar-refractivity contribution in [1.29, 1.82) is 0 Å². The Labute approximate surface area is 109 Å². The van der Waals surface area contributed by atoms with Crippen molar-refractivity contribution in [2.24, 2.45) is 5.92 Å². The molecule has 0 aliphatic carbocycles. The molecule has 4 amide bonds. The standard InChI is InChI=1S/C12H24N4O2/c1-4-15(5-2)12(18)16-7-6-10(9-16)8-14-11(17)13-3/h10H,4-9H2,1-3H3,(H2,13,14,17)/t10-/m1/s1. The third-order valence-corrected chi connectivity index (χ3v) is 3.37. The Hall–Kier alpha value is -1.46. The smallest absolute Gasteiger partial charge is 0.319 e. The van der Waals surface area contributed by atoms with Gasteiger partial charge in [-0.05, 0) is 26.2 Å². The van der Waals surface area contributed by atoms with E-state index >= 15 is 0 Å². The Kier molecular flexibility index (Phi) is 5.74. The van der Waals surface area contributed by atoms with E-state index in [4.69, 9.17) is 0 Å². The van der Waals surface area contributed by atoms with Crippen LogP contribution in [0.3, 0.4) is 0 Å². The average Bonchev–Trinajstić information content (AvgIpc) is 2.86. The lowest BCUT2D eigenvalue weighted by atomic mass is 10.1. The number of hydrogen-bond donors (Lipinski definition) is 2. The SMILES string of the molecule is CCN(CC)C(=O)N1CC[C@H](CNC(=O)NC)C1. The number of likely N-dealkylation sites (tertiary alicyclic amines) is 1. The van der Waals surface area contributed by atoms with Crippen LogP contribution < -0.4 is 10.6 Å². The van der Waals surface area contributed by atoms with Gasteiger partial charge >= 0.3 is 12.1 Å². The zero-order valence-corrected chi connectivity index (χ0v) is 11.5. The van der Waals surface area contributed by atoms with Gasteiger partial charge in [0.15, 0.2) is 0 Å². The monoisotopic (exact) mass is 256 g/mol. The Morgan fingerprint density at radius 1 is 1.33 bits per heavy atom. The summed E-state index contributed by atoms with van der Waals surface area (Å²) in [6.45, 7) is 7.61. The molecule has 0 aromatic rings. The van der Waals surface area contributed by atoms with Gasteiger partial charge in [0.2, 0.25) is 0 Å². The maximum Gasteiger partial charge on any atom is 0.319 e. The van der Waals surface area contributed by atoms with Crippen molar-refractivity contribution in [1.82, 2.24) is 20.4 Å². The van der Waals surface area contributed by atoms with E-state index in [1.807, 2.05) is 23.6 Å². The third kappa shape index (κ3) is 3.78. The second kappa shape index (κ2) is 7.08. The fraction of sp³-hybridized carbons (Fsp3) is 0.833. The maximum atomic E-state index is 12.1. The van der Waals surface area contributed by atoms with Crippen molar-refractivity contribution in [3.63, 3.8) is 0 Å². The first kappa shape index (κ1) is 14.6. The molecule has 0 unspecified atom stereocenters. The molecule has 1 heterocycles. The first-order valence-corrected chi connectivity index (χ1v) is 6.61. The molecule has 1 rings (SSSR count). The van der Waals surface area contributed by atoms with E-state index in [1.165, 1.54) is 0 Å². The molecule has 104 valence electrons. The highest BCUT2D eigenvalue weighted by Crippen LogP contribution is 2.17. The highest BCUT2D eigenvalue weighted by atomic mass is 16.2. The van der Waals surface area contributed by atoms with Crippen molar-refractivity contribution in [3.8, 4) is 0 Å². The molecule has 0 radical (unpaired) electrons. The fourth-order valence-corrected chi connectivity index (χ4v) is 2.19. The van der Waals surface area contributed by atoms with Crippen LogP contribution in [-0.4, -0.2) is 61.6 Å². The number of nitrogens with one attached hydrogen (secondary N) is 2. The summed E-state index contributed by atoms with van der Waals surface area (Å²) in [5.74, 6) is 0.363. The lowest BCUT2D eigenvalue weighted by Crippen LogP contribution is -2.42. The number of nitrogens with zero attached hydrogens (tertiary/aromatic N) is 2. The van der Waals surface area contributed by atoms with Crippen LogP contribution >= 0.6 is 0 Å². The molecule has 18 heavy (non-hydrogen) atoms. The molecular weight excluding hydrogens is 232 g/mol. The van der Waals surface area contributed by atoms with Crippen molar-refractivity contribution in [3.05, 3.63) is 0 Å². The van der Waals surface area contributed by atoms with E-state index in [-0.39, 0.29) is 12.1 Å². The van der Waals surface area contributed by atoms with Gasteiger partial charge in [-0.15, -0.1) is 0 Å². The molecule has 1 aliphatic rings. The molecule has 6 nitrogen and oxygen atoms in total. The van der Waals surface area contributed by atoms with Crippen LogP contribution in [-0.2, 0) is 0 Å². The Bertz CT molecular complexity index is 292. The Balaban J connectivity index is 2.36. The first-order valence-electron chi connectivity index (χ1n) is 6.61. The molecule has 0 aromatic carbocycles. The van der Waals surface area contributed by atoms with Crippen molar-refractivity contribution < 1.29 is 9.59 Å². The summed E-state index contributed by atoms with van der Waals surface area (Å²) in [5, 5.41) is 5.31. The maximum absolute atomic E-state index is 12.1. The minimum atomic E-state index is -0.163. The largest absolute Gasteiger partial charge is 0.341 e. The van der Waals surface area contributed by atoms with Gasteiger partial charge in [0.05, 0.1) is 0 Å². The van der Waals surface area contributed by atoms with Gasteiger partial charge in [-0.1, -0.05) is 0 Å². The molecular formula is C12H24N4O2. The second-order valence-electron chi connectivity index (χ2n) is 4.52. The molecule has 1 fully saturated rings. The summed E-state index contributed by atoms with van der Waals surface area (Å²) in [6, 6.07) is -0.0500. The number of carbonyl (C=O) groups is 2. The highest BCUT2D eigenvalue weighted by Gasteiger charge is 2.28. The van der Waals surface area contributed by atoms with Crippen LogP contribution in [0.2, 0.25) is 0 Å². The molecule has 6 heteroatoms. The highest BCUT2D eigenvalue weighted by molar-refractivity contribution is 5.75. The number of hydrogen-bond acceptors (Lipinski definition) is 2. The zero-order chi connectivity index (χ0) is 13.5. The van der Waals surface area contributed by atoms with Crippen LogP contribution in [0.25, 0.3) is 0 Å². The van der Waals surface area contributed by atoms with Crippen molar-refractivity contribution in [2.75, 3.05) is 39.8 Å². The summed E-state index contributed by atoms with van der Waals surface area (Å²) < 4.78 is 0. The van der Waals surface area contributed by atoms with Crippen molar-refractivity contribution in [2.45, 2.75) is 20.3 Å². The van der Waals surface area contributed by atoms with Crippen LogP contribution in [0.15, 0.2) is 0 Å². The average molecular weight is 256 g/mol. The van der Waals surface area contributed by atoms with Gasteiger partial charge in [-0.3, -0.25) is 0 Å². The minimum Gasteiger partial charge on any atom is -0.341 e. The van der Waals surface area contributed by atoms with E-state index in [0.29, 0.717) is 12.5 Å². The lowest BCUT2D eigenvalue weighted by Gasteiger charge is -2.26. The molecule has 1 atom stereocenters. The van der Waals surface area contributed by atoms with E-state index in [1.54, 1.807) is 7.05 Å². The molecule has 0 aromatic heterocycles. The van der Waals surface area contributed by atoms with Gasteiger partial charge in [-0.2, -0.15) is 0 Å². The van der Waals surface area contributed by atoms with Crippen LogP contribution in [0.1, 0.15) is 20.3 Å².